The SMILES string of the molecule is CCOC(=O)C[C@@H]1C[C@H](OCc2ccccc2)C1(C)C. The monoisotopic (exact) mass is 276 g/mol. The van der Waals surface area contributed by atoms with Crippen LogP contribution in [0.5, 0.6) is 0 Å². The van der Waals surface area contributed by atoms with Crippen LogP contribution in [0.25, 0.3) is 0 Å². The topological polar surface area (TPSA) is 35.5 Å². The van der Waals surface area contributed by atoms with Gasteiger partial charge in [-0.3, -0.25) is 4.79 Å². The molecule has 0 radical (unpaired) electrons. The van der Waals surface area contributed by atoms with E-state index in [1.165, 1.54) is 5.56 Å². The number of ether oxygens (including phenoxy) is 2. The number of rotatable bonds is 6. The van der Waals surface area contributed by atoms with Crippen molar-refractivity contribution in [2.45, 2.75) is 46.3 Å². The molecule has 2 atom stereocenters. The molecule has 1 aromatic rings. The first-order valence-corrected chi connectivity index (χ1v) is 7.35. The summed E-state index contributed by atoms with van der Waals surface area (Å²) in [5.74, 6) is 0.273. The third-order valence-corrected chi connectivity index (χ3v) is 4.39. The van der Waals surface area contributed by atoms with Crippen molar-refractivity contribution >= 4 is 5.97 Å². The van der Waals surface area contributed by atoms with E-state index in [0.717, 1.165) is 6.42 Å². The zero-order valence-corrected chi connectivity index (χ0v) is 12.6. The molecule has 0 bridgehead atoms. The fraction of sp³-hybridized carbons (Fsp3) is 0.588. The lowest BCUT2D eigenvalue weighted by molar-refractivity contribution is -0.165. The quantitative estimate of drug-likeness (QED) is 0.745. The highest BCUT2D eigenvalue weighted by molar-refractivity contribution is 5.70. The summed E-state index contributed by atoms with van der Waals surface area (Å²) in [7, 11) is 0. The molecule has 2 rings (SSSR count). The largest absolute Gasteiger partial charge is 0.466 e. The Morgan fingerprint density at radius 1 is 1.30 bits per heavy atom. The summed E-state index contributed by atoms with van der Waals surface area (Å²) in [6.07, 6.45) is 1.67. The van der Waals surface area contributed by atoms with Crippen LogP contribution < -0.4 is 0 Å². The zero-order valence-electron chi connectivity index (χ0n) is 12.6. The van der Waals surface area contributed by atoms with Crippen LogP contribution in [-0.2, 0) is 20.9 Å². The Kier molecular flexibility index (Phi) is 4.81. The normalized spacial score (nSPS) is 23.9. The first-order chi connectivity index (χ1) is 9.54. The third-order valence-electron chi connectivity index (χ3n) is 4.39. The Hall–Kier alpha value is -1.35. The van der Waals surface area contributed by atoms with Crippen LogP contribution in [-0.4, -0.2) is 18.7 Å². The second kappa shape index (κ2) is 6.40. The molecule has 0 spiro atoms. The highest BCUT2D eigenvalue weighted by Gasteiger charge is 2.49. The van der Waals surface area contributed by atoms with Gasteiger partial charge in [0.2, 0.25) is 0 Å². The van der Waals surface area contributed by atoms with Crippen LogP contribution in [0, 0.1) is 11.3 Å². The number of carbonyl (C=O) groups is 1. The summed E-state index contributed by atoms with van der Waals surface area (Å²) in [5, 5.41) is 0. The van der Waals surface area contributed by atoms with Crippen molar-refractivity contribution in [3.63, 3.8) is 0 Å². The molecule has 0 aliphatic heterocycles. The predicted octanol–water partition coefficient (Wildman–Crippen LogP) is 3.57. The van der Waals surface area contributed by atoms with E-state index in [2.05, 4.69) is 26.0 Å². The lowest BCUT2D eigenvalue weighted by atomic mass is 9.59. The maximum Gasteiger partial charge on any atom is 0.306 e. The van der Waals surface area contributed by atoms with E-state index in [-0.39, 0.29) is 17.5 Å². The minimum atomic E-state index is -0.0907. The van der Waals surface area contributed by atoms with E-state index >= 15 is 0 Å². The molecule has 1 aliphatic carbocycles. The number of benzene rings is 1. The maximum atomic E-state index is 11.6. The number of carbonyl (C=O) groups excluding carboxylic acids is 1. The van der Waals surface area contributed by atoms with E-state index in [9.17, 15) is 4.79 Å². The molecule has 20 heavy (non-hydrogen) atoms. The smallest absolute Gasteiger partial charge is 0.306 e. The molecule has 3 nitrogen and oxygen atoms in total. The molecule has 0 saturated heterocycles. The summed E-state index contributed by atoms with van der Waals surface area (Å²) < 4.78 is 11.0. The molecule has 0 heterocycles. The molecule has 0 unspecified atom stereocenters. The van der Waals surface area contributed by atoms with Crippen molar-refractivity contribution in [3.8, 4) is 0 Å². The molecule has 0 N–H and O–H groups in total. The fourth-order valence-electron chi connectivity index (χ4n) is 2.79. The Bertz CT molecular complexity index is 439. The summed E-state index contributed by atoms with van der Waals surface area (Å²) >= 11 is 0. The Morgan fingerprint density at radius 3 is 2.60 bits per heavy atom. The van der Waals surface area contributed by atoms with Gasteiger partial charge in [-0.1, -0.05) is 44.2 Å². The minimum absolute atomic E-state index is 0.0432. The molecule has 1 aliphatic rings. The second-order valence-corrected chi connectivity index (χ2v) is 6.05. The Balaban J connectivity index is 1.80. The van der Waals surface area contributed by atoms with Gasteiger partial charge in [-0.05, 0) is 30.2 Å². The van der Waals surface area contributed by atoms with Crippen molar-refractivity contribution in [1.82, 2.24) is 0 Å². The minimum Gasteiger partial charge on any atom is -0.466 e. The standard InChI is InChI=1S/C17H24O3/c1-4-19-16(18)11-14-10-15(17(14,2)3)20-12-13-8-6-5-7-9-13/h5-9,14-15H,4,10-12H2,1-3H3/t14-,15-/m0/s1. The highest BCUT2D eigenvalue weighted by Crippen LogP contribution is 2.50. The van der Waals surface area contributed by atoms with Crippen LogP contribution in [0.2, 0.25) is 0 Å². The Labute approximate surface area is 121 Å². The molecule has 1 saturated carbocycles. The summed E-state index contributed by atoms with van der Waals surface area (Å²) in [5.41, 5.74) is 1.23. The molecule has 0 aromatic heterocycles. The maximum absolute atomic E-state index is 11.6. The van der Waals surface area contributed by atoms with Gasteiger partial charge in [0.25, 0.3) is 0 Å². The number of esters is 1. The van der Waals surface area contributed by atoms with Crippen LogP contribution in [0.1, 0.15) is 39.2 Å². The van der Waals surface area contributed by atoms with Crippen LogP contribution in [0.4, 0.5) is 0 Å². The van der Waals surface area contributed by atoms with Gasteiger partial charge in [-0.25, -0.2) is 0 Å². The van der Waals surface area contributed by atoms with Gasteiger partial charge in [0.05, 0.1) is 19.3 Å². The molecule has 1 aromatic carbocycles. The Morgan fingerprint density at radius 2 is 2.00 bits per heavy atom. The van der Waals surface area contributed by atoms with Gasteiger partial charge < -0.3 is 9.47 Å². The third kappa shape index (κ3) is 3.40. The van der Waals surface area contributed by atoms with Crippen LogP contribution >= 0.6 is 0 Å². The van der Waals surface area contributed by atoms with Gasteiger partial charge in [-0.2, -0.15) is 0 Å². The van der Waals surface area contributed by atoms with E-state index in [0.29, 0.717) is 25.6 Å². The van der Waals surface area contributed by atoms with Gasteiger partial charge in [0.15, 0.2) is 0 Å². The molecule has 3 heteroatoms. The van der Waals surface area contributed by atoms with Gasteiger partial charge >= 0.3 is 5.97 Å². The molecule has 0 amide bonds. The first-order valence-electron chi connectivity index (χ1n) is 7.35. The van der Waals surface area contributed by atoms with Crippen molar-refractivity contribution in [2.75, 3.05) is 6.61 Å². The lowest BCUT2D eigenvalue weighted by Crippen LogP contribution is -2.51. The van der Waals surface area contributed by atoms with Crippen molar-refractivity contribution in [1.29, 1.82) is 0 Å². The molecular formula is C17H24O3. The zero-order chi connectivity index (χ0) is 14.6. The second-order valence-electron chi connectivity index (χ2n) is 6.05. The lowest BCUT2D eigenvalue weighted by Gasteiger charge is -2.51. The molecule has 110 valence electrons. The van der Waals surface area contributed by atoms with Crippen molar-refractivity contribution < 1.29 is 14.3 Å². The van der Waals surface area contributed by atoms with E-state index in [1.54, 1.807) is 0 Å². The highest BCUT2D eigenvalue weighted by atomic mass is 16.5. The van der Waals surface area contributed by atoms with Crippen molar-refractivity contribution in [3.05, 3.63) is 35.9 Å². The fourth-order valence-corrected chi connectivity index (χ4v) is 2.79. The first kappa shape index (κ1) is 15.0. The van der Waals surface area contributed by atoms with E-state index in [1.807, 2.05) is 25.1 Å². The van der Waals surface area contributed by atoms with Gasteiger partial charge in [-0.15, -0.1) is 0 Å². The van der Waals surface area contributed by atoms with Gasteiger partial charge in [0.1, 0.15) is 0 Å². The van der Waals surface area contributed by atoms with E-state index < -0.39 is 0 Å². The van der Waals surface area contributed by atoms with Crippen molar-refractivity contribution in [2.24, 2.45) is 11.3 Å². The van der Waals surface area contributed by atoms with E-state index in [4.69, 9.17) is 9.47 Å². The molecular weight excluding hydrogens is 252 g/mol. The van der Waals surface area contributed by atoms with Crippen LogP contribution in [0.3, 0.4) is 0 Å². The molecule has 1 fully saturated rings. The van der Waals surface area contributed by atoms with Crippen LogP contribution in [0.15, 0.2) is 30.3 Å². The average Bonchev–Trinajstić information content (AvgIpc) is 2.43. The summed E-state index contributed by atoms with van der Waals surface area (Å²) in [4.78, 5) is 11.6. The predicted molar refractivity (Wildman–Crippen MR) is 78.2 cm³/mol. The number of hydrogen-bond acceptors (Lipinski definition) is 3. The summed E-state index contributed by atoms with van der Waals surface area (Å²) in [6, 6.07) is 10.2. The van der Waals surface area contributed by atoms with Gasteiger partial charge in [0, 0.05) is 6.42 Å². The number of hydrogen-bond donors (Lipinski definition) is 0. The average molecular weight is 276 g/mol. The summed E-state index contributed by atoms with van der Waals surface area (Å²) in [6.45, 7) is 7.29.